The molecule has 0 fully saturated rings. The molecular weight excluding hydrogens is 426 g/mol. The van der Waals surface area contributed by atoms with Gasteiger partial charge in [-0.3, -0.25) is 9.59 Å². The van der Waals surface area contributed by atoms with Crippen LogP contribution in [0.4, 0.5) is 0 Å². The van der Waals surface area contributed by atoms with E-state index in [1.54, 1.807) is 24.3 Å². The number of thiophene rings is 1. The number of carbonyl (C=O) groups excluding carboxylic acids is 2. The van der Waals surface area contributed by atoms with Gasteiger partial charge in [0.1, 0.15) is 11.3 Å². The number of furan rings is 1. The lowest BCUT2D eigenvalue weighted by Gasteiger charge is -2.27. The maximum Gasteiger partial charge on any atom is 0.290 e. The standard InChI is InChI=1S/C25H19NO5S/c1-30-19-11-5-3-9-17(19)22-21(23(27)20-13-15-7-2-4-10-18(15)31-20)24(28)25(29)26(22)14-16-8-6-12-32-16/h2-13,22,28H,14H2,1H3. The molecule has 1 amide bonds. The summed E-state index contributed by atoms with van der Waals surface area (Å²) in [5.74, 6) is -1.11. The van der Waals surface area contributed by atoms with Crippen molar-refractivity contribution in [2.24, 2.45) is 0 Å². The van der Waals surface area contributed by atoms with Gasteiger partial charge in [-0.15, -0.1) is 11.3 Å². The fourth-order valence-electron chi connectivity index (χ4n) is 4.06. The third-order valence-electron chi connectivity index (χ3n) is 5.54. The molecule has 1 unspecified atom stereocenters. The molecule has 1 aliphatic heterocycles. The maximum absolute atomic E-state index is 13.6. The summed E-state index contributed by atoms with van der Waals surface area (Å²) in [7, 11) is 1.53. The largest absolute Gasteiger partial charge is 0.503 e. The summed E-state index contributed by atoms with van der Waals surface area (Å²) in [5.41, 5.74) is 1.16. The molecule has 32 heavy (non-hydrogen) atoms. The molecule has 0 saturated carbocycles. The number of carbonyl (C=O) groups is 2. The Labute approximate surface area is 188 Å². The summed E-state index contributed by atoms with van der Waals surface area (Å²) in [6.07, 6.45) is 0. The van der Waals surface area contributed by atoms with Gasteiger partial charge in [0.05, 0.1) is 25.3 Å². The zero-order chi connectivity index (χ0) is 22.2. The van der Waals surface area contributed by atoms with Gasteiger partial charge in [-0.1, -0.05) is 42.5 Å². The van der Waals surface area contributed by atoms with E-state index in [1.807, 2.05) is 47.8 Å². The summed E-state index contributed by atoms with van der Waals surface area (Å²) in [4.78, 5) is 29.1. The number of rotatable bonds is 6. The molecule has 7 heteroatoms. The van der Waals surface area contributed by atoms with Crippen molar-refractivity contribution in [3.05, 3.63) is 99.6 Å². The number of ether oxygens (including phenoxy) is 1. The van der Waals surface area contributed by atoms with E-state index in [9.17, 15) is 14.7 Å². The third kappa shape index (κ3) is 3.27. The van der Waals surface area contributed by atoms with Gasteiger partial charge in [-0.05, 0) is 29.6 Å². The van der Waals surface area contributed by atoms with Gasteiger partial charge in [0.2, 0.25) is 5.78 Å². The van der Waals surface area contributed by atoms with E-state index >= 15 is 0 Å². The van der Waals surface area contributed by atoms with Gasteiger partial charge in [-0.2, -0.15) is 0 Å². The van der Waals surface area contributed by atoms with Crippen LogP contribution in [0, 0.1) is 0 Å². The van der Waals surface area contributed by atoms with Crippen LogP contribution < -0.4 is 4.74 Å². The average molecular weight is 445 g/mol. The van der Waals surface area contributed by atoms with Crippen LogP contribution in [0.5, 0.6) is 5.75 Å². The van der Waals surface area contributed by atoms with E-state index in [0.717, 1.165) is 10.3 Å². The minimum absolute atomic E-state index is 0.0184. The highest BCUT2D eigenvalue weighted by atomic mass is 32.1. The van der Waals surface area contributed by atoms with E-state index < -0.39 is 23.5 Å². The molecular formula is C25H19NO5S. The molecule has 0 bridgehead atoms. The Morgan fingerprint density at radius 1 is 1.12 bits per heavy atom. The lowest BCUT2D eigenvalue weighted by molar-refractivity contribution is -0.130. The summed E-state index contributed by atoms with van der Waals surface area (Å²) in [6, 6.07) is 19.1. The van der Waals surface area contributed by atoms with Crippen molar-refractivity contribution >= 4 is 34.0 Å². The van der Waals surface area contributed by atoms with E-state index in [1.165, 1.54) is 23.3 Å². The number of aliphatic hydroxyl groups excluding tert-OH is 1. The lowest BCUT2D eigenvalue weighted by Crippen LogP contribution is -2.30. The predicted octanol–water partition coefficient (Wildman–Crippen LogP) is 5.28. The summed E-state index contributed by atoms with van der Waals surface area (Å²) >= 11 is 1.50. The van der Waals surface area contributed by atoms with Crippen LogP contribution in [-0.4, -0.2) is 28.8 Å². The Balaban J connectivity index is 1.64. The number of hydrogen-bond acceptors (Lipinski definition) is 6. The Kier molecular flexibility index (Phi) is 5.03. The Morgan fingerprint density at radius 2 is 1.91 bits per heavy atom. The first-order valence-electron chi connectivity index (χ1n) is 10.0. The van der Waals surface area contributed by atoms with E-state index in [0.29, 0.717) is 16.9 Å². The molecule has 4 aromatic rings. The maximum atomic E-state index is 13.6. The second-order valence-corrected chi connectivity index (χ2v) is 8.43. The number of Topliss-reactive ketones (excluding diaryl/α,β-unsaturated/α-hetero) is 1. The van der Waals surface area contributed by atoms with Gasteiger partial charge >= 0.3 is 0 Å². The second kappa shape index (κ2) is 8.01. The van der Waals surface area contributed by atoms with Gasteiger partial charge in [0.15, 0.2) is 11.5 Å². The molecule has 160 valence electrons. The molecule has 0 spiro atoms. The van der Waals surface area contributed by atoms with Crippen molar-refractivity contribution in [1.82, 2.24) is 4.90 Å². The SMILES string of the molecule is COc1ccccc1C1C(C(=O)c2cc3ccccc3o2)=C(O)C(=O)N1Cc1cccs1. The third-order valence-corrected chi connectivity index (χ3v) is 6.40. The summed E-state index contributed by atoms with van der Waals surface area (Å²) in [6.45, 7) is 0.250. The summed E-state index contributed by atoms with van der Waals surface area (Å²) < 4.78 is 11.3. The zero-order valence-electron chi connectivity index (χ0n) is 17.1. The summed E-state index contributed by atoms with van der Waals surface area (Å²) in [5, 5.41) is 13.5. The second-order valence-electron chi connectivity index (χ2n) is 7.40. The van der Waals surface area contributed by atoms with Gasteiger partial charge < -0.3 is 19.2 Å². The highest BCUT2D eigenvalue weighted by Gasteiger charge is 2.45. The van der Waals surface area contributed by atoms with E-state index in [2.05, 4.69) is 0 Å². The number of aliphatic hydroxyl groups is 1. The average Bonchev–Trinajstić information content (AvgIpc) is 3.54. The minimum Gasteiger partial charge on any atom is -0.503 e. The number of nitrogens with zero attached hydrogens (tertiary/aromatic N) is 1. The fourth-order valence-corrected chi connectivity index (χ4v) is 4.76. The first-order valence-corrected chi connectivity index (χ1v) is 10.9. The van der Waals surface area contributed by atoms with Crippen LogP contribution in [0.2, 0.25) is 0 Å². The smallest absolute Gasteiger partial charge is 0.290 e. The first-order chi connectivity index (χ1) is 15.6. The Hall–Kier alpha value is -3.84. The molecule has 2 aromatic carbocycles. The highest BCUT2D eigenvalue weighted by molar-refractivity contribution is 7.09. The van der Waals surface area contributed by atoms with Crippen LogP contribution in [-0.2, 0) is 11.3 Å². The molecule has 0 radical (unpaired) electrons. The number of ketones is 1. The van der Waals surface area contributed by atoms with Gasteiger partial charge in [0, 0.05) is 15.8 Å². The van der Waals surface area contributed by atoms with Crippen LogP contribution >= 0.6 is 11.3 Å². The molecule has 6 nitrogen and oxygen atoms in total. The lowest BCUT2D eigenvalue weighted by atomic mass is 9.94. The molecule has 1 N–H and O–H groups in total. The quantitative estimate of drug-likeness (QED) is 0.409. The first kappa shape index (κ1) is 20.1. The van der Waals surface area contributed by atoms with Gasteiger partial charge in [0.25, 0.3) is 5.91 Å². The van der Waals surface area contributed by atoms with Crippen LogP contribution in [0.25, 0.3) is 11.0 Å². The molecule has 2 aromatic heterocycles. The van der Waals surface area contributed by atoms with Crippen molar-refractivity contribution in [1.29, 1.82) is 0 Å². The number of para-hydroxylation sites is 2. The molecule has 1 aliphatic rings. The molecule has 0 saturated heterocycles. The minimum atomic E-state index is -0.818. The number of hydrogen-bond donors (Lipinski definition) is 1. The topological polar surface area (TPSA) is 80.0 Å². The number of fused-ring (bicyclic) bond motifs is 1. The monoisotopic (exact) mass is 445 g/mol. The van der Waals surface area contributed by atoms with E-state index in [4.69, 9.17) is 9.15 Å². The number of benzene rings is 2. The Bertz CT molecular complexity index is 1320. The Morgan fingerprint density at radius 3 is 2.66 bits per heavy atom. The van der Waals surface area contributed by atoms with E-state index in [-0.39, 0.29) is 17.9 Å². The fraction of sp³-hybridized carbons (Fsp3) is 0.120. The predicted molar refractivity (Wildman–Crippen MR) is 121 cm³/mol. The van der Waals surface area contributed by atoms with Crippen molar-refractivity contribution < 1.29 is 23.8 Å². The van der Waals surface area contributed by atoms with Crippen molar-refractivity contribution in [3.63, 3.8) is 0 Å². The van der Waals surface area contributed by atoms with Crippen LogP contribution in [0.3, 0.4) is 0 Å². The van der Waals surface area contributed by atoms with Crippen molar-refractivity contribution in [3.8, 4) is 5.75 Å². The van der Waals surface area contributed by atoms with Crippen molar-refractivity contribution in [2.45, 2.75) is 12.6 Å². The van der Waals surface area contributed by atoms with Crippen LogP contribution in [0.1, 0.15) is 27.0 Å². The van der Waals surface area contributed by atoms with Crippen LogP contribution in [0.15, 0.2) is 87.9 Å². The molecule has 1 atom stereocenters. The molecule has 0 aliphatic carbocycles. The number of methoxy groups -OCH3 is 1. The zero-order valence-corrected chi connectivity index (χ0v) is 18.0. The highest BCUT2D eigenvalue weighted by Crippen LogP contribution is 2.43. The van der Waals surface area contributed by atoms with Gasteiger partial charge in [-0.25, -0.2) is 0 Å². The number of amides is 1. The normalized spacial score (nSPS) is 16.2. The van der Waals surface area contributed by atoms with Crippen molar-refractivity contribution in [2.75, 3.05) is 7.11 Å². The molecule has 3 heterocycles. The molecule has 5 rings (SSSR count).